The summed E-state index contributed by atoms with van der Waals surface area (Å²) < 4.78 is 15.7. The summed E-state index contributed by atoms with van der Waals surface area (Å²) in [5, 5.41) is 6.03. The highest BCUT2D eigenvalue weighted by atomic mass is 32.1. The zero-order valence-electron chi connectivity index (χ0n) is 29.5. The van der Waals surface area contributed by atoms with Crippen molar-refractivity contribution < 1.29 is 28.3 Å². The van der Waals surface area contributed by atoms with E-state index >= 15 is 0 Å². The van der Waals surface area contributed by atoms with Crippen LogP contribution in [-0.4, -0.2) is 41.8 Å². The Labute approximate surface area is 305 Å². The van der Waals surface area contributed by atoms with Crippen molar-refractivity contribution in [1.29, 1.82) is 0 Å². The minimum absolute atomic E-state index is 0.0214. The molecule has 264 valence electrons. The molecule has 2 heterocycles. The fourth-order valence-corrected chi connectivity index (χ4v) is 6.73. The second-order valence-corrected chi connectivity index (χ2v) is 14.4. The van der Waals surface area contributed by atoms with Crippen molar-refractivity contribution in [3.63, 3.8) is 0 Å². The van der Waals surface area contributed by atoms with Crippen molar-refractivity contribution >= 4 is 45.0 Å². The lowest BCUT2D eigenvalue weighted by Crippen LogP contribution is -2.43. The van der Waals surface area contributed by atoms with Gasteiger partial charge in [0.25, 0.3) is 17.5 Å². The number of halogens is 1. The van der Waals surface area contributed by atoms with E-state index in [1.807, 2.05) is 18.2 Å². The maximum Gasteiger partial charge on any atom is 0.281 e. The maximum atomic E-state index is 13.7. The molecule has 6 rings (SSSR count). The van der Waals surface area contributed by atoms with Crippen molar-refractivity contribution in [2.45, 2.75) is 38.8 Å². The number of likely N-dealkylation sites (N-methyl/N-ethyl adjacent to an activating group) is 1. The quantitative estimate of drug-likeness (QED) is 0.147. The van der Waals surface area contributed by atoms with Crippen LogP contribution in [0.25, 0.3) is 21.5 Å². The van der Waals surface area contributed by atoms with E-state index in [1.165, 1.54) is 22.6 Å². The highest BCUT2D eigenvalue weighted by Gasteiger charge is 2.29. The highest BCUT2D eigenvalue weighted by molar-refractivity contribution is 7.20. The van der Waals surface area contributed by atoms with Crippen molar-refractivity contribution in [1.82, 2.24) is 15.2 Å². The molecule has 0 saturated heterocycles. The fraction of sp³-hybridized carbons (Fsp3) is 0.195. The van der Waals surface area contributed by atoms with Crippen LogP contribution >= 0.6 is 11.3 Å². The molecule has 52 heavy (non-hydrogen) atoms. The fourth-order valence-electron chi connectivity index (χ4n) is 5.82. The summed E-state index contributed by atoms with van der Waals surface area (Å²) in [6.45, 7) is 6.67. The van der Waals surface area contributed by atoms with E-state index in [0.29, 0.717) is 32.7 Å². The van der Waals surface area contributed by atoms with Crippen LogP contribution in [0.5, 0.6) is 0 Å². The van der Waals surface area contributed by atoms with E-state index in [-0.39, 0.29) is 34.6 Å². The molecular weight excluding hydrogens is 678 g/mol. The van der Waals surface area contributed by atoms with Crippen LogP contribution in [0.1, 0.15) is 63.7 Å². The first-order valence-electron chi connectivity index (χ1n) is 16.7. The van der Waals surface area contributed by atoms with Gasteiger partial charge in [-0.3, -0.25) is 19.2 Å². The molecule has 0 aliphatic carbocycles. The molecule has 0 fully saturated rings. The van der Waals surface area contributed by atoms with Gasteiger partial charge in [-0.05, 0) is 70.6 Å². The standard InChI is InChI=1S/C41H38FN5O4S/c1-41(2,3)29-17-15-28(16-18-29)36-32(12-9-23-47(36)51-5)37(48)43-31-21-22-33-34(24-31)52-39(44-33)38(49)45-35(27-10-7-6-8-11-27)40(50)46(4)25-26-13-19-30(42)20-14-26/h6-24,35H,25H2,1-5H3,(H-,43,45,48,49)/p+1. The first kappa shape index (κ1) is 35.9. The smallest absolute Gasteiger partial charge is 0.281 e. The third kappa shape index (κ3) is 8.00. The first-order chi connectivity index (χ1) is 24.9. The van der Waals surface area contributed by atoms with E-state index in [9.17, 15) is 18.8 Å². The molecule has 1 atom stereocenters. The lowest BCUT2D eigenvalue weighted by atomic mass is 9.86. The summed E-state index contributed by atoms with van der Waals surface area (Å²) in [5.74, 6) is -1.55. The Morgan fingerprint density at radius 2 is 1.62 bits per heavy atom. The number of aromatic nitrogens is 2. The minimum Gasteiger partial charge on any atom is -0.339 e. The van der Waals surface area contributed by atoms with E-state index < -0.39 is 11.9 Å². The zero-order chi connectivity index (χ0) is 37.0. The topological polar surface area (TPSA) is 105 Å². The number of benzene rings is 4. The summed E-state index contributed by atoms with van der Waals surface area (Å²) in [7, 11) is 3.18. The Morgan fingerprint density at radius 1 is 0.904 bits per heavy atom. The first-order valence-corrected chi connectivity index (χ1v) is 17.5. The summed E-state index contributed by atoms with van der Waals surface area (Å²) >= 11 is 1.15. The normalized spacial score (nSPS) is 11.9. The van der Waals surface area contributed by atoms with E-state index in [1.54, 1.807) is 91.8 Å². The van der Waals surface area contributed by atoms with Crippen molar-refractivity contribution in [2.24, 2.45) is 0 Å². The number of carbonyl (C=O) groups excluding carboxylic acids is 3. The van der Waals surface area contributed by atoms with Crippen LogP contribution in [-0.2, 0) is 16.8 Å². The molecule has 0 spiro atoms. The Kier molecular flexibility index (Phi) is 10.4. The summed E-state index contributed by atoms with van der Waals surface area (Å²) in [6.07, 6.45) is 1.75. The molecule has 1 unspecified atom stereocenters. The number of pyridine rings is 1. The van der Waals surface area contributed by atoms with Crippen LogP contribution in [0.15, 0.2) is 115 Å². The molecule has 6 aromatic rings. The van der Waals surface area contributed by atoms with Gasteiger partial charge in [-0.25, -0.2) is 9.37 Å². The zero-order valence-corrected chi connectivity index (χ0v) is 30.3. The highest BCUT2D eigenvalue weighted by Crippen LogP contribution is 2.29. The molecule has 0 aliphatic rings. The monoisotopic (exact) mass is 716 g/mol. The van der Waals surface area contributed by atoms with Gasteiger partial charge in [0.15, 0.2) is 5.01 Å². The largest absolute Gasteiger partial charge is 0.339 e. The van der Waals surface area contributed by atoms with E-state index in [2.05, 4.69) is 48.5 Å². The van der Waals surface area contributed by atoms with Gasteiger partial charge in [0.2, 0.25) is 12.1 Å². The molecule has 0 saturated carbocycles. The number of rotatable bonds is 10. The number of carbonyl (C=O) groups is 3. The van der Waals surface area contributed by atoms with Gasteiger partial charge in [-0.1, -0.05) is 75.4 Å². The number of fused-ring (bicyclic) bond motifs is 1. The van der Waals surface area contributed by atoms with Crippen LogP contribution < -0.4 is 20.2 Å². The number of nitrogens with zero attached hydrogens (tertiary/aromatic N) is 3. The molecule has 3 amide bonds. The van der Waals surface area contributed by atoms with Gasteiger partial charge >= 0.3 is 0 Å². The minimum atomic E-state index is -0.986. The number of nitrogens with one attached hydrogen (secondary N) is 2. The number of thiazole rings is 1. The van der Waals surface area contributed by atoms with Crippen molar-refractivity contribution in [2.75, 3.05) is 19.5 Å². The van der Waals surface area contributed by atoms with E-state index in [0.717, 1.165) is 22.5 Å². The molecule has 0 aliphatic heterocycles. The average molecular weight is 717 g/mol. The molecular formula is C41H39FN5O4S+. The molecule has 4 aromatic carbocycles. The number of hydrogen-bond acceptors (Lipinski definition) is 6. The second-order valence-electron chi connectivity index (χ2n) is 13.4. The van der Waals surface area contributed by atoms with Crippen molar-refractivity contribution in [3.8, 4) is 11.3 Å². The maximum absolute atomic E-state index is 13.7. The molecule has 2 N–H and O–H groups in total. The van der Waals surface area contributed by atoms with Gasteiger partial charge in [0.05, 0.1) is 15.8 Å². The molecule has 0 radical (unpaired) electrons. The summed E-state index contributed by atoms with van der Waals surface area (Å²) in [6, 6.07) is 30.7. The van der Waals surface area contributed by atoms with Crippen molar-refractivity contribution in [3.05, 3.63) is 148 Å². The SMILES string of the molecule is CO[n+]1cccc(C(=O)Nc2ccc3nc(C(=O)NC(C(=O)N(C)Cc4ccc(F)cc4)c4ccccc4)sc3c2)c1-c1ccc(C(C)(C)C)cc1. The molecule has 9 nitrogen and oxygen atoms in total. The predicted molar refractivity (Wildman–Crippen MR) is 200 cm³/mol. The number of anilines is 1. The number of hydrogen-bond donors (Lipinski definition) is 2. The Hall–Kier alpha value is -5.94. The van der Waals surface area contributed by atoms with Crippen LogP contribution in [0, 0.1) is 5.82 Å². The summed E-state index contributed by atoms with van der Waals surface area (Å²) in [5.41, 5.74) is 5.44. The lowest BCUT2D eigenvalue weighted by molar-refractivity contribution is -0.877. The Bertz CT molecular complexity index is 2230. The van der Waals surface area contributed by atoms with E-state index in [4.69, 9.17) is 4.84 Å². The van der Waals surface area contributed by atoms with Crippen LogP contribution in [0.3, 0.4) is 0 Å². The molecule has 0 bridgehead atoms. The van der Waals surface area contributed by atoms with Crippen LogP contribution in [0.2, 0.25) is 0 Å². The Morgan fingerprint density at radius 3 is 2.29 bits per heavy atom. The molecule has 2 aromatic heterocycles. The van der Waals surface area contributed by atoms with Gasteiger partial charge < -0.3 is 15.5 Å². The summed E-state index contributed by atoms with van der Waals surface area (Å²) in [4.78, 5) is 52.7. The van der Waals surface area contributed by atoms with Gasteiger partial charge in [-0.2, -0.15) is 0 Å². The lowest BCUT2D eigenvalue weighted by Gasteiger charge is -2.25. The third-order valence-corrected chi connectivity index (χ3v) is 9.65. The van der Waals surface area contributed by atoms with Gasteiger partial charge in [0.1, 0.15) is 24.5 Å². The average Bonchev–Trinajstić information content (AvgIpc) is 3.58. The van der Waals surface area contributed by atoms with Gasteiger partial charge in [0, 0.05) is 30.1 Å². The van der Waals surface area contributed by atoms with Gasteiger partial charge in [-0.15, -0.1) is 11.3 Å². The Balaban J connectivity index is 1.21. The third-order valence-electron chi connectivity index (χ3n) is 8.63. The molecule has 11 heteroatoms. The predicted octanol–water partition coefficient (Wildman–Crippen LogP) is 7.13. The van der Waals surface area contributed by atoms with Crippen LogP contribution in [0.4, 0.5) is 10.1 Å². The second kappa shape index (κ2) is 15.1. The number of amides is 3.